The molecule has 0 radical (unpaired) electrons. The highest BCUT2D eigenvalue weighted by Crippen LogP contribution is 2.36. The molecular formula is C51H42B5N3O. The maximum Gasteiger partial charge on any atom is 0.157 e. The maximum atomic E-state index is 6.85. The number of fused-ring (bicyclic) bond motifs is 3. The van der Waals surface area contributed by atoms with Gasteiger partial charge in [-0.15, -0.1) is 16.4 Å². The Labute approximate surface area is 356 Å². The zero-order valence-corrected chi connectivity index (χ0v) is 34.8. The Morgan fingerprint density at radius 3 is 1.58 bits per heavy atom. The Bertz CT molecular complexity index is 3080. The van der Waals surface area contributed by atoms with Crippen molar-refractivity contribution < 1.29 is 4.42 Å². The molecule has 9 rings (SSSR count). The molecule has 0 fully saturated rings. The van der Waals surface area contributed by atoms with E-state index in [-0.39, 0.29) is 0 Å². The molecule has 0 bridgehead atoms. The van der Waals surface area contributed by atoms with Gasteiger partial charge in [0.05, 0.1) is 6.54 Å². The van der Waals surface area contributed by atoms with Crippen LogP contribution in [-0.2, 0) is 6.54 Å². The smallest absolute Gasteiger partial charge is 0.157 e. The first kappa shape index (κ1) is 38.5. The summed E-state index contributed by atoms with van der Waals surface area (Å²) in [5.74, 6) is 0.996. The fraction of sp³-hybridized carbons (Fsp3) is 0.0196. The summed E-state index contributed by atoms with van der Waals surface area (Å²) in [5, 5.41) is 2.11. The largest absolute Gasteiger partial charge is 0.456 e. The molecule has 4 nitrogen and oxygen atoms in total. The van der Waals surface area contributed by atoms with Gasteiger partial charge in [-0.3, -0.25) is 4.99 Å². The van der Waals surface area contributed by atoms with Crippen LogP contribution in [0.25, 0.3) is 66.4 Å². The number of aliphatic imine (C=N–C) groups is 2. The minimum absolute atomic E-state index is 0.398. The number of hydrogen-bond acceptors (Lipinski definition) is 2. The monoisotopic (exact) mass is 767 g/mol. The van der Waals surface area contributed by atoms with Crippen LogP contribution in [0.1, 0.15) is 16.7 Å². The molecule has 9 heteroatoms. The van der Waals surface area contributed by atoms with Crippen molar-refractivity contribution in [2.24, 2.45) is 15.7 Å². The van der Waals surface area contributed by atoms with E-state index in [1.165, 1.54) is 55.1 Å². The van der Waals surface area contributed by atoms with E-state index in [1.54, 1.807) is 0 Å². The number of benzene rings is 8. The van der Waals surface area contributed by atoms with Gasteiger partial charge in [0.1, 0.15) is 56.2 Å². The second-order valence-corrected chi connectivity index (χ2v) is 15.7. The van der Waals surface area contributed by atoms with Crippen LogP contribution in [-0.4, -0.2) is 50.9 Å². The van der Waals surface area contributed by atoms with E-state index in [0.29, 0.717) is 18.2 Å². The number of nitrogens with two attached hydrogens (primary N) is 1. The summed E-state index contributed by atoms with van der Waals surface area (Å²) in [4.78, 5) is 10.2. The Kier molecular flexibility index (Phi) is 10.5. The number of nitrogens with zero attached hydrogens (tertiary/aromatic N) is 2. The highest BCUT2D eigenvalue weighted by Gasteiger charge is 2.16. The molecule has 9 aromatic rings. The Morgan fingerprint density at radius 1 is 0.450 bits per heavy atom. The highest BCUT2D eigenvalue weighted by atomic mass is 16.3. The van der Waals surface area contributed by atoms with Crippen molar-refractivity contribution >= 4 is 100 Å². The molecule has 60 heavy (non-hydrogen) atoms. The molecule has 0 saturated heterocycles. The van der Waals surface area contributed by atoms with Gasteiger partial charge in [0.25, 0.3) is 0 Å². The Morgan fingerprint density at radius 2 is 0.950 bits per heavy atom. The zero-order chi connectivity index (χ0) is 41.3. The van der Waals surface area contributed by atoms with Crippen molar-refractivity contribution in [2.75, 3.05) is 0 Å². The van der Waals surface area contributed by atoms with E-state index in [1.807, 2.05) is 54.6 Å². The number of hydrogen-bond donors (Lipinski definition) is 1. The van der Waals surface area contributed by atoms with Crippen LogP contribution in [0.5, 0.6) is 0 Å². The van der Waals surface area contributed by atoms with E-state index in [4.69, 9.17) is 20.1 Å². The van der Waals surface area contributed by atoms with Crippen molar-refractivity contribution in [1.29, 1.82) is 0 Å². The van der Waals surface area contributed by atoms with Crippen molar-refractivity contribution in [3.8, 4) is 44.5 Å². The van der Waals surface area contributed by atoms with Crippen molar-refractivity contribution in [3.63, 3.8) is 0 Å². The lowest BCUT2D eigenvalue weighted by molar-refractivity contribution is 0.668. The lowest BCUT2D eigenvalue weighted by Gasteiger charge is -2.20. The molecule has 0 aliphatic heterocycles. The first-order valence-electron chi connectivity index (χ1n) is 20.6. The fourth-order valence-corrected chi connectivity index (χ4v) is 8.44. The van der Waals surface area contributed by atoms with Crippen molar-refractivity contribution in [3.05, 3.63) is 187 Å². The van der Waals surface area contributed by atoms with Gasteiger partial charge in [-0.2, -0.15) is 0 Å². The predicted octanol–water partition coefficient (Wildman–Crippen LogP) is 3.90. The summed E-state index contributed by atoms with van der Waals surface area (Å²) >= 11 is 0. The molecule has 282 valence electrons. The molecule has 8 aromatic carbocycles. The second-order valence-electron chi connectivity index (χ2n) is 15.7. The van der Waals surface area contributed by atoms with Gasteiger partial charge in [0, 0.05) is 21.9 Å². The zero-order valence-electron chi connectivity index (χ0n) is 34.8. The average molecular weight is 767 g/mol. The van der Waals surface area contributed by atoms with Gasteiger partial charge in [0.2, 0.25) is 0 Å². The predicted molar refractivity (Wildman–Crippen MR) is 270 cm³/mol. The first-order valence-corrected chi connectivity index (χ1v) is 20.6. The van der Waals surface area contributed by atoms with Crippen LogP contribution < -0.4 is 33.0 Å². The minimum atomic E-state index is 0.398. The van der Waals surface area contributed by atoms with Crippen LogP contribution >= 0.6 is 0 Å². The molecule has 1 aromatic heterocycles. The SMILES string of the molecule is Bc1c(B)c(B)c(-c2cccc(/C(N)=N/C(=N\Cc3cccc4oc5ccc(-c6ccc(-c7ccc(-c8ccccc8)cc7)cc6)cc5c34)c3ccccc3)c2)c(B)c1B. The van der Waals surface area contributed by atoms with Gasteiger partial charge >= 0.3 is 0 Å². The minimum Gasteiger partial charge on any atom is -0.456 e. The third kappa shape index (κ3) is 7.44. The molecular weight excluding hydrogens is 725 g/mol. The van der Waals surface area contributed by atoms with Gasteiger partial charge in [-0.25, -0.2) is 4.99 Å². The molecule has 0 aliphatic carbocycles. The molecule has 0 atom stereocenters. The molecule has 0 amide bonds. The third-order valence-electron chi connectivity index (χ3n) is 12.2. The number of amidine groups is 2. The summed E-state index contributed by atoms with van der Waals surface area (Å²) in [6.45, 7) is 0.398. The van der Waals surface area contributed by atoms with E-state index in [0.717, 1.165) is 55.3 Å². The summed E-state index contributed by atoms with van der Waals surface area (Å²) in [7, 11) is 11.0. The molecule has 0 saturated carbocycles. The molecule has 0 unspecified atom stereocenters. The van der Waals surface area contributed by atoms with Crippen molar-refractivity contribution in [2.45, 2.75) is 6.54 Å². The normalized spacial score (nSPS) is 12.0. The second kappa shape index (κ2) is 16.3. The summed E-state index contributed by atoms with van der Waals surface area (Å²) < 4.78 is 6.41. The van der Waals surface area contributed by atoms with Crippen LogP contribution in [0, 0.1) is 0 Å². The number of furan rings is 1. The van der Waals surface area contributed by atoms with E-state index in [2.05, 4.69) is 154 Å². The van der Waals surface area contributed by atoms with Crippen LogP contribution in [0.4, 0.5) is 0 Å². The average Bonchev–Trinajstić information content (AvgIpc) is 3.68. The molecule has 0 spiro atoms. The van der Waals surface area contributed by atoms with E-state index >= 15 is 0 Å². The van der Waals surface area contributed by atoms with Crippen LogP contribution in [0.15, 0.2) is 184 Å². The lowest BCUT2D eigenvalue weighted by Crippen LogP contribution is -2.55. The Hall–Kier alpha value is -6.98. The summed E-state index contributed by atoms with van der Waals surface area (Å²) in [5.41, 5.74) is 27.4. The van der Waals surface area contributed by atoms with Crippen LogP contribution in [0.3, 0.4) is 0 Å². The van der Waals surface area contributed by atoms with Crippen molar-refractivity contribution in [1.82, 2.24) is 0 Å². The quantitative estimate of drug-likeness (QED) is 0.145. The van der Waals surface area contributed by atoms with E-state index < -0.39 is 0 Å². The summed E-state index contributed by atoms with van der Waals surface area (Å²) in [6.07, 6.45) is 0. The van der Waals surface area contributed by atoms with Gasteiger partial charge in [-0.05, 0) is 74.3 Å². The third-order valence-corrected chi connectivity index (χ3v) is 12.2. The fourth-order valence-electron chi connectivity index (χ4n) is 8.44. The first-order chi connectivity index (χ1) is 29.2. The van der Waals surface area contributed by atoms with E-state index in [9.17, 15) is 0 Å². The van der Waals surface area contributed by atoms with Gasteiger partial charge < -0.3 is 10.2 Å². The Balaban J connectivity index is 1.03. The summed E-state index contributed by atoms with van der Waals surface area (Å²) in [6, 6.07) is 59.2. The van der Waals surface area contributed by atoms with Gasteiger partial charge in [0.15, 0.2) is 5.84 Å². The van der Waals surface area contributed by atoms with Gasteiger partial charge in [-0.1, -0.05) is 157 Å². The standard InChI is InChI=1S/C51H42B5N3O/c52-45-44(46(53)48(55)49(56)47(45)54)37-13-7-14-38(27-37)50(57)59-51(35-11-5-2-6-12-35)58-29-39-15-8-16-42-43(39)40-28-36(25-26-41(40)60-42)34-23-21-33(22-24-34)32-19-17-31(18-20-32)30-9-3-1-4-10-30/h1-28H,29,52-56H2,(H2,57,58,59). The maximum absolute atomic E-state index is 6.85. The van der Waals surface area contributed by atoms with Crippen LogP contribution in [0.2, 0.25) is 0 Å². The molecule has 1 heterocycles. The topological polar surface area (TPSA) is 63.9 Å². The number of rotatable bonds is 8. The molecule has 2 N–H and O–H groups in total. The molecule has 0 aliphatic rings. The highest BCUT2D eigenvalue weighted by molar-refractivity contribution is 6.68. The lowest BCUT2D eigenvalue weighted by atomic mass is 9.59.